The second-order valence-electron chi connectivity index (χ2n) is 4.58. The molecule has 0 fully saturated rings. The third-order valence-corrected chi connectivity index (χ3v) is 3.22. The van der Waals surface area contributed by atoms with E-state index in [2.05, 4.69) is 15.4 Å². The van der Waals surface area contributed by atoms with Gasteiger partial charge in [-0.3, -0.25) is 10.4 Å². The summed E-state index contributed by atoms with van der Waals surface area (Å²) in [4.78, 5) is 8.52. The molecule has 0 saturated carbocycles. The largest absolute Gasteiger partial charge is 0.280 e. The van der Waals surface area contributed by atoms with Crippen molar-refractivity contribution in [2.75, 3.05) is 0 Å². The first-order chi connectivity index (χ1) is 10.1. The SMILES string of the molecule is Cc1cc(C2=C(c3ccc(F)cc3)N=CN(Cl)N2)ccn1. The molecule has 1 aliphatic heterocycles. The van der Waals surface area contributed by atoms with E-state index < -0.39 is 0 Å². The highest BCUT2D eigenvalue weighted by Crippen LogP contribution is 2.28. The van der Waals surface area contributed by atoms with Crippen LogP contribution in [0.25, 0.3) is 11.4 Å². The number of hydrogen-bond donors (Lipinski definition) is 1. The molecule has 0 unspecified atom stereocenters. The van der Waals surface area contributed by atoms with Crippen LogP contribution in [0.3, 0.4) is 0 Å². The molecule has 1 N–H and O–H groups in total. The van der Waals surface area contributed by atoms with E-state index in [4.69, 9.17) is 11.8 Å². The van der Waals surface area contributed by atoms with E-state index in [1.165, 1.54) is 23.0 Å². The van der Waals surface area contributed by atoms with Gasteiger partial charge in [0.05, 0.1) is 11.4 Å². The van der Waals surface area contributed by atoms with Crippen molar-refractivity contribution in [3.8, 4) is 0 Å². The molecule has 6 heteroatoms. The summed E-state index contributed by atoms with van der Waals surface area (Å²) in [6, 6.07) is 9.96. The number of hydrogen-bond acceptors (Lipinski definition) is 4. The number of rotatable bonds is 2. The van der Waals surface area contributed by atoms with Gasteiger partial charge in [-0.05, 0) is 43.3 Å². The molecule has 4 nitrogen and oxygen atoms in total. The van der Waals surface area contributed by atoms with E-state index in [0.29, 0.717) is 5.70 Å². The molecule has 0 saturated heterocycles. The standard InChI is InChI=1S/C15H12ClFN4/c1-10-8-12(6-7-18-10)15-14(19-9-21(16)20-15)11-2-4-13(17)5-3-11/h2-9,20H,1H3. The lowest BCUT2D eigenvalue weighted by Crippen LogP contribution is -2.30. The minimum absolute atomic E-state index is 0.285. The molecule has 0 spiro atoms. The molecule has 2 aromatic rings. The molecule has 0 amide bonds. The summed E-state index contributed by atoms with van der Waals surface area (Å²) in [6.45, 7) is 1.91. The van der Waals surface area contributed by atoms with Crippen LogP contribution in [0.4, 0.5) is 4.39 Å². The lowest BCUT2D eigenvalue weighted by molar-refractivity contribution is 0.595. The Morgan fingerprint density at radius 1 is 1.14 bits per heavy atom. The average Bonchev–Trinajstić information content (AvgIpc) is 2.48. The average molecular weight is 303 g/mol. The van der Waals surface area contributed by atoms with Crippen molar-refractivity contribution in [3.63, 3.8) is 0 Å². The van der Waals surface area contributed by atoms with Crippen molar-refractivity contribution < 1.29 is 4.39 Å². The minimum Gasteiger partial charge on any atom is -0.280 e. The Bertz CT molecular complexity index is 725. The maximum absolute atomic E-state index is 13.1. The highest BCUT2D eigenvalue weighted by Gasteiger charge is 2.17. The van der Waals surface area contributed by atoms with Gasteiger partial charge >= 0.3 is 0 Å². The number of halogens is 2. The quantitative estimate of drug-likeness (QED) is 0.865. The molecule has 0 bridgehead atoms. The first-order valence-corrected chi connectivity index (χ1v) is 6.66. The van der Waals surface area contributed by atoms with Gasteiger partial charge in [0, 0.05) is 34.8 Å². The zero-order chi connectivity index (χ0) is 14.8. The normalized spacial score (nSPS) is 14.3. The zero-order valence-corrected chi connectivity index (χ0v) is 12.0. The van der Waals surface area contributed by atoms with Crippen molar-refractivity contribution in [2.45, 2.75) is 6.92 Å². The third-order valence-electron chi connectivity index (χ3n) is 3.05. The minimum atomic E-state index is -0.285. The van der Waals surface area contributed by atoms with Gasteiger partial charge in [-0.1, -0.05) is 0 Å². The maximum Gasteiger partial charge on any atom is 0.129 e. The summed E-state index contributed by atoms with van der Waals surface area (Å²) in [5, 5.41) is 0. The van der Waals surface area contributed by atoms with Crippen LogP contribution in [0.2, 0.25) is 0 Å². The summed E-state index contributed by atoms with van der Waals surface area (Å²) in [5.74, 6) is -0.285. The zero-order valence-electron chi connectivity index (χ0n) is 11.2. The molecule has 3 rings (SSSR count). The van der Waals surface area contributed by atoms with Gasteiger partial charge in [-0.2, -0.15) is 4.53 Å². The van der Waals surface area contributed by atoms with E-state index in [0.717, 1.165) is 22.5 Å². The molecule has 2 heterocycles. The molecule has 1 aliphatic rings. The number of aryl methyl sites for hydroxylation is 1. The van der Waals surface area contributed by atoms with E-state index in [-0.39, 0.29) is 5.82 Å². The number of nitrogens with one attached hydrogen (secondary N) is 1. The molecule has 0 radical (unpaired) electrons. The van der Waals surface area contributed by atoms with Crippen molar-refractivity contribution in [1.82, 2.24) is 14.9 Å². The third kappa shape index (κ3) is 2.87. The van der Waals surface area contributed by atoms with E-state index in [1.807, 2.05) is 19.1 Å². The maximum atomic E-state index is 13.1. The lowest BCUT2D eigenvalue weighted by Gasteiger charge is -2.23. The molecular weight excluding hydrogens is 291 g/mol. The Balaban J connectivity index is 2.14. The van der Waals surface area contributed by atoms with Gasteiger partial charge < -0.3 is 0 Å². The van der Waals surface area contributed by atoms with E-state index >= 15 is 0 Å². The number of aromatic nitrogens is 1. The predicted octanol–water partition coefficient (Wildman–Crippen LogP) is 3.36. The number of nitrogens with zero attached hydrogens (tertiary/aromatic N) is 3. The molecule has 106 valence electrons. The van der Waals surface area contributed by atoms with Crippen LogP contribution in [-0.2, 0) is 0 Å². The molecule has 21 heavy (non-hydrogen) atoms. The molecule has 1 aromatic heterocycles. The monoisotopic (exact) mass is 302 g/mol. The van der Waals surface area contributed by atoms with Gasteiger partial charge in [0.15, 0.2) is 0 Å². The lowest BCUT2D eigenvalue weighted by atomic mass is 10.1. The Kier molecular flexibility index (Phi) is 3.58. The number of pyridine rings is 1. The summed E-state index contributed by atoms with van der Waals surface area (Å²) >= 11 is 5.94. The van der Waals surface area contributed by atoms with Gasteiger partial charge in [-0.15, -0.1) is 0 Å². The van der Waals surface area contributed by atoms with Crippen LogP contribution in [0, 0.1) is 12.7 Å². The smallest absolute Gasteiger partial charge is 0.129 e. The van der Waals surface area contributed by atoms with Gasteiger partial charge in [0.2, 0.25) is 0 Å². The van der Waals surface area contributed by atoms with Crippen molar-refractivity contribution >= 4 is 29.5 Å². The summed E-state index contributed by atoms with van der Waals surface area (Å²) in [5.41, 5.74) is 7.06. The summed E-state index contributed by atoms with van der Waals surface area (Å²) < 4.78 is 14.3. The molecule has 0 aliphatic carbocycles. The second kappa shape index (κ2) is 5.54. The van der Waals surface area contributed by atoms with Crippen molar-refractivity contribution in [1.29, 1.82) is 0 Å². The van der Waals surface area contributed by atoms with Crippen LogP contribution in [0.5, 0.6) is 0 Å². The number of aliphatic imine (C=N–C) groups is 1. The second-order valence-corrected chi connectivity index (χ2v) is 4.95. The predicted molar refractivity (Wildman–Crippen MR) is 81.5 cm³/mol. The Hall–Kier alpha value is -2.40. The van der Waals surface area contributed by atoms with Crippen LogP contribution in [0.15, 0.2) is 47.6 Å². The van der Waals surface area contributed by atoms with Crippen LogP contribution < -0.4 is 5.43 Å². The molecule has 1 aromatic carbocycles. The van der Waals surface area contributed by atoms with Crippen molar-refractivity contribution in [3.05, 3.63) is 65.2 Å². The van der Waals surface area contributed by atoms with Crippen molar-refractivity contribution in [2.24, 2.45) is 4.99 Å². The Labute approximate surface area is 126 Å². The summed E-state index contributed by atoms with van der Waals surface area (Å²) in [7, 11) is 0. The van der Waals surface area contributed by atoms with Gasteiger partial charge in [0.25, 0.3) is 0 Å². The fourth-order valence-electron chi connectivity index (χ4n) is 2.09. The topological polar surface area (TPSA) is 40.5 Å². The fraction of sp³-hybridized carbons (Fsp3) is 0.0667. The molecule has 0 atom stereocenters. The number of hydrazine groups is 1. The number of benzene rings is 1. The Morgan fingerprint density at radius 2 is 1.90 bits per heavy atom. The Morgan fingerprint density at radius 3 is 2.62 bits per heavy atom. The highest BCUT2D eigenvalue weighted by molar-refractivity contribution is 6.20. The van der Waals surface area contributed by atoms with Crippen LogP contribution >= 0.6 is 11.8 Å². The van der Waals surface area contributed by atoms with E-state index in [1.54, 1.807) is 18.3 Å². The van der Waals surface area contributed by atoms with Gasteiger partial charge in [0.1, 0.15) is 12.2 Å². The fourth-order valence-corrected chi connectivity index (χ4v) is 2.22. The molecular formula is C15H12ClFN4. The first kappa shape index (κ1) is 13.6. The van der Waals surface area contributed by atoms with Gasteiger partial charge in [-0.25, -0.2) is 9.38 Å². The van der Waals surface area contributed by atoms with Crippen LogP contribution in [0.1, 0.15) is 16.8 Å². The van der Waals surface area contributed by atoms with E-state index in [9.17, 15) is 4.39 Å². The first-order valence-electron chi connectivity index (χ1n) is 6.32. The summed E-state index contributed by atoms with van der Waals surface area (Å²) in [6.07, 6.45) is 3.18. The highest BCUT2D eigenvalue weighted by atomic mass is 35.5. The van der Waals surface area contributed by atoms with Crippen LogP contribution in [-0.4, -0.2) is 15.9 Å².